The van der Waals surface area contributed by atoms with E-state index in [9.17, 15) is 4.79 Å². The summed E-state index contributed by atoms with van der Waals surface area (Å²) in [5, 5.41) is 3.38. The minimum atomic E-state index is -0.230. The Morgan fingerprint density at radius 1 is 1.44 bits per heavy atom. The summed E-state index contributed by atoms with van der Waals surface area (Å²) in [6.07, 6.45) is 0. The van der Waals surface area contributed by atoms with E-state index in [1.165, 1.54) is 12.7 Å². The molecule has 1 N–H and O–H groups in total. The van der Waals surface area contributed by atoms with E-state index in [0.29, 0.717) is 0 Å². The van der Waals surface area contributed by atoms with Crippen molar-refractivity contribution in [3.63, 3.8) is 0 Å². The van der Waals surface area contributed by atoms with Gasteiger partial charge in [-0.3, -0.25) is 4.79 Å². The highest BCUT2D eigenvalue weighted by Crippen LogP contribution is 2.34. The SMILES string of the molecule is COC(=O)C1NCCSC1c1ccccc1. The first-order valence-electron chi connectivity index (χ1n) is 5.30. The van der Waals surface area contributed by atoms with E-state index in [0.717, 1.165) is 12.3 Å². The molecule has 0 spiro atoms. The Balaban J connectivity index is 2.20. The minimum absolute atomic E-state index is 0.155. The Labute approximate surface area is 99.6 Å². The molecule has 4 heteroatoms. The second-order valence-corrected chi connectivity index (χ2v) is 4.91. The molecule has 0 aromatic heterocycles. The molecule has 0 saturated carbocycles. The average Bonchev–Trinajstić information content (AvgIpc) is 2.39. The van der Waals surface area contributed by atoms with E-state index in [-0.39, 0.29) is 17.3 Å². The quantitative estimate of drug-likeness (QED) is 0.793. The molecule has 2 rings (SSSR count). The van der Waals surface area contributed by atoms with Crippen molar-refractivity contribution in [3.8, 4) is 0 Å². The van der Waals surface area contributed by atoms with Gasteiger partial charge in [0.15, 0.2) is 0 Å². The number of benzene rings is 1. The van der Waals surface area contributed by atoms with E-state index in [2.05, 4.69) is 17.4 Å². The van der Waals surface area contributed by atoms with Crippen LogP contribution in [0.5, 0.6) is 0 Å². The molecule has 0 bridgehead atoms. The Morgan fingerprint density at radius 3 is 2.88 bits per heavy atom. The van der Waals surface area contributed by atoms with Gasteiger partial charge in [0.2, 0.25) is 0 Å². The molecule has 0 amide bonds. The predicted octanol–water partition coefficient (Wildman–Crippen LogP) is 1.61. The predicted molar refractivity (Wildman–Crippen MR) is 65.4 cm³/mol. The zero-order valence-corrected chi connectivity index (χ0v) is 10.00. The van der Waals surface area contributed by atoms with Gasteiger partial charge in [0.05, 0.1) is 12.4 Å². The molecule has 3 nitrogen and oxygen atoms in total. The number of hydrogen-bond donors (Lipinski definition) is 1. The van der Waals surface area contributed by atoms with Crippen LogP contribution >= 0.6 is 11.8 Å². The summed E-state index contributed by atoms with van der Waals surface area (Å²) in [6.45, 7) is 0.855. The van der Waals surface area contributed by atoms with Gasteiger partial charge in [-0.05, 0) is 5.56 Å². The van der Waals surface area contributed by atoms with Crippen molar-refractivity contribution in [1.29, 1.82) is 0 Å². The third kappa shape index (κ3) is 2.39. The van der Waals surface area contributed by atoms with Gasteiger partial charge in [-0.25, -0.2) is 0 Å². The second kappa shape index (κ2) is 5.37. The van der Waals surface area contributed by atoms with Crippen molar-refractivity contribution in [2.24, 2.45) is 0 Å². The summed E-state index contributed by atoms with van der Waals surface area (Å²) in [4.78, 5) is 11.7. The fourth-order valence-corrected chi connectivity index (χ4v) is 3.11. The molecule has 2 unspecified atom stereocenters. The molecular formula is C12H15NO2S. The molecule has 2 atom stereocenters. The van der Waals surface area contributed by atoms with Gasteiger partial charge < -0.3 is 10.1 Å². The number of methoxy groups -OCH3 is 1. The van der Waals surface area contributed by atoms with Crippen LogP contribution in [0.4, 0.5) is 0 Å². The molecule has 16 heavy (non-hydrogen) atoms. The monoisotopic (exact) mass is 237 g/mol. The van der Waals surface area contributed by atoms with E-state index < -0.39 is 0 Å². The minimum Gasteiger partial charge on any atom is -0.468 e. The third-order valence-corrected chi connectivity index (χ3v) is 3.99. The molecule has 1 fully saturated rings. The van der Waals surface area contributed by atoms with Gasteiger partial charge in [-0.2, -0.15) is 11.8 Å². The number of rotatable bonds is 2. The van der Waals surface area contributed by atoms with Gasteiger partial charge in [0.25, 0.3) is 0 Å². The molecule has 1 aromatic carbocycles. The molecule has 1 saturated heterocycles. The standard InChI is InChI=1S/C12H15NO2S/c1-15-12(14)10-11(16-8-7-13-10)9-5-3-2-4-6-9/h2-6,10-11,13H,7-8H2,1H3. The van der Waals surface area contributed by atoms with Crippen LogP contribution in [0.1, 0.15) is 10.8 Å². The van der Waals surface area contributed by atoms with Crippen molar-refractivity contribution in [3.05, 3.63) is 35.9 Å². The second-order valence-electron chi connectivity index (χ2n) is 3.66. The van der Waals surface area contributed by atoms with E-state index in [1.54, 1.807) is 11.8 Å². The molecule has 86 valence electrons. The number of nitrogens with one attached hydrogen (secondary N) is 1. The summed E-state index contributed by atoms with van der Waals surface area (Å²) in [6, 6.07) is 9.86. The smallest absolute Gasteiger partial charge is 0.324 e. The van der Waals surface area contributed by atoms with E-state index in [4.69, 9.17) is 4.74 Å². The first kappa shape index (κ1) is 11.5. The maximum Gasteiger partial charge on any atom is 0.324 e. The van der Waals surface area contributed by atoms with Crippen LogP contribution in [-0.2, 0) is 9.53 Å². The van der Waals surface area contributed by atoms with Gasteiger partial charge in [0.1, 0.15) is 6.04 Å². The number of carbonyl (C=O) groups excluding carboxylic acids is 1. The molecule has 1 aromatic rings. The molecule has 0 radical (unpaired) electrons. The molecule has 1 aliphatic rings. The van der Waals surface area contributed by atoms with Crippen LogP contribution in [0, 0.1) is 0 Å². The third-order valence-electron chi connectivity index (χ3n) is 2.65. The van der Waals surface area contributed by atoms with Crippen molar-refractivity contribution in [1.82, 2.24) is 5.32 Å². The summed E-state index contributed by atoms with van der Waals surface area (Å²) in [5.74, 6) is 0.841. The van der Waals surface area contributed by atoms with Crippen molar-refractivity contribution < 1.29 is 9.53 Å². The first-order chi connectivity index (χ1) is 7.83. The summed E-state index contributed by atoms with van der Waals surface area (Å²) < 4.78 is 4.83. The highest BCUT2D eigenvalue weighted by molar-refractivity contribution is 7.99. The lowest BCUT2D eigenvalue weighted by molar-refractivity contribution is -0.143. The maximum absolute atomic E-state index is 11.7. The van der Waals surface area contributed by atoms with Crippen LogP contribution in [0.15, 0.2) is 30.3 Å². The normalized spacial score (nSPS) is 25.1. The zero-order valence-electron chi connectivity index (χ0n) is 9.18. The van der Waals surface area contributed by atoms with E-state index in [1.807, 2.05) is 18.2 Å². The summed E-state index contributed by atoms with van der Waals surface area (Å²) >= 11 is 1.80. The van der Waals surface area contributed by atoms with Crippen LogP contribution in [0.25, 0.3) is 0 Å². The van der Waals surface area contributed by atoms with Crippen LogP contribution < -0.4 is 5.32 Å². The lowest BCUT2D eigenvalue weighted by Crippen LogP contribution is -2.45. The highest BCUT2D eigenvalue weighted by Gasteiger charge is 2.32. The lowest BCUT2D eigenvalue weighted by atomic mass is 10.1. The lowest BCUT2D eigenvalue weighted by Gasteiger charge is -2.30. The molecule has 1 heterocycles. The number of esters is 1. The average molecular weight is 237 g/mol. The topological polar surface area (TPSA) is 38.3 Å². The highest BCUT2D eigenvalue weighted by atomic mass is 32.2. The fraction of sp³-hybridized carbons (Fsp3) is 0.417. The van der Waals surface area contributed by atoms with E-state index >= 15 is 0 Å². The number of hydrogen-bond acceptors (Lipinski definition) is 4. The van der Waals surface area contributed by atoms with Gasteiger partial charge >= 0.3 is 5.97 Å². The Kier molecular flexibility index (Phi) is 3.85. The maximum atomic E-state index is 11.7. The fourth-order valence-electron chi connectivity index (χ4n) is 1.87. The van der Waals surface area contributed by atoms with Gasteiger partial charge in [0, 0.05) is 12.3 Å². The molecule has 0 aliphatic carbocycles. The Hall–Kier alpha value is -1.00. The van der Waals surface area contributed by atoms with Crippen LogP contribution in [0.2, 0.25) is 0 Å². The number of thioether (sulfide) groups is 1. The summed E-state index contributed by atoms with van der Waals surface area (Å²) in [7, 11) is 1.44. The first-order valence-corrected chi connectivity index (χ1v) is 6.35. The van der Waals surface area contributed by atoms with Crippen LogP contribution in [-0.4, -0.2) is 31.4 Å². The number of carbonyl (C=O) groups is 1. The van der Waals surface area contributed by atoms with Gasteiger partial charge in [-0.1, -0.05) is 30.3 Å². The summed E-state index contributed by atoms with van der Waals surface area (Å²) in [5.41, 5.74) is 1.18. The molecule has 1 aliphatic heterocycles. The largest absolute Gasteiger partial charge is 0.468 e. The number of ether oxygens (including phenoxy) is 1. The molecular weight excluding hydrogens is 222 g/mol. The zero-order chi connectivity index (χ0) is 11.4. The van der Waals surface area contributed by atoms with Crippen LogP contribution in [0.3, 0.4) is 0 Å². The Morgan fingerprint density at radius 2 is 2.19 bits per heavy atom. The van der Waals surface area contributed by atoms with Gasteiger partial charge in [-0.15, -0.1) is 0 Å². The van der Waals surface area contributed by atoms with Crippen molar-refractivity contribution >= 4 is 17.7 Å². The Bertz CT molecular complexity index is 355. The van der Waals surface area contributed by atoms with Crippen molar-refractivity contribution in [2.45, 2.75) is 11.3 Å². The van der Waals surface area contributed by atoms with Crippen molar-refractivity contribution in [2.75, 3.05) is 19.4 Å².